The lowest BCUT2D eigenvalue weighted by Gasteiger charge is -2.38. The Kier molecular flexibility index (Phi) is 6.43. The van der Waals surface area contributed by atoms with Crippen molar-refractivity contribution < 1.29 is 4.74 Å². The van der Waals surface area contributed by atoms with Crippen LogP contribution >= 0.6 is 35.3 Å². The van der Waals surface area contributed by atoms with E-state index in [2.05, 4.69) is 118 Å². The number of ether oxygens (including phenoxy) is 1. The summed E-state index contributed by atoms with van der Waals surface area (Å²) in [7, 11) is 0. The largest absolute Gasteiger partial charge is 0.478 e. The first kappa shape index (κ1) is 22.8. The van der Waals surface area contributed by atoms with Crippen LogP contribution < -0.4 is 0 Å². The zero-order chi connectivity index (χ0) is 22.9. The normalized spacial score (nSPS) is 24.1. The molecule has 33 heavy (non-hydrogen) atoms. The molecule has 0 unspecified atom stereocenters. The Morgan fingerprint density at radius 2 is 1.15 bits per heavy atom. The molecule has 5 rings (SSSR count). The van der Waals surface area contributed by atoms with Crippen LogP contribution in [-0.4, -0.2) is 4.93 Å². The highest BCUT2D eigenvalue weighted by Crippen LogP contribution is 2.65. The van der Waals surface area contributed by atoms with Crippen LogP contribution in [-0.2, 0) is 4.74 Å². The van der Waals surface area contributed by atoms with Crippen LogP contribution in [0.2, 0.25) is 0 Å². The molecule has 3 aromatic rings. The number of rotatable bonds is 6. The Morgan fingerprint density at radius 3 is 1.67 bits per heavy atom. The molecule has 1 heterocycles. The minimum Gasteiger partial charge on any atom is -0.478 e. The van der Waals surface area contributed by atoms with E-state index in [1.807, 2.05) is 41.5 Å². The van der Waals surface area contributed by atoms with Crippen molar-refractivity contribution in [2.24, 2.45) is 17.3 Å². The molecule has 3 aromatic carbocycles. The summed E-state index contributed by atoms with van der Waals surface area (Å²) in [5.74, 6) is 0.600. The number of thioether (sulfide) groups is 3. The molecule has 0 radical (unpaired) electrons. The van der Waals surface area contributed by atoms with Crippen molar-refractivity contribution in [3.63, 3.8) is 0 Å². The molecule has 0 bridgehead atoms. The van der Waals surface area contributed by atoms with Crippen LogP contribution in [0.5, 0.6) is 0 Å². The van der Waals surface area contributed by atoms with Crippen molar-refractivity contribution in [2.75, 3.05) is 0 Å². The van der Waals surface area contributed by atoms with Gasteiger partial charge in [-0.1, -0.05) is 111 Å². The van der Waals surface area contributed by atoms with E-state index in [1.165, 1.54) is 24.5 Å². The van der Waals surface area contributed by atoms with Gasteiger partial charge >= 0.3 is 0 Å². The highest BCUT2D eigenvalue weighted by Gasteiger charge is 2.58. The van der Waals surface area contributed by atoms with Gasteiger partial charge in [0.15, 0.2) is 4.93 Å². The second-order valence-electron chi connectivity index (χ2n) is 9.47. The van der Waals surface area contributed by atoms with E-state index in [1.54, 1.807) is 0 Å². The molecule has 1 nitrogen and oxygen atoms in total. The van der Waals surface area contributed by atoms with Gasteiger partial charge < -0.3 is 4.74 Å². The first-order chi connectivity index (χ1) is 15.9. The maximum absolute atomic E-state index is 6.64. The fourth-order valence-electron chi connectivity index (χ4n) is 4.61. The molecule has 0 N–H and O–H groups in total. The number of fused-ring (bicyclic) bond motifs is 1. The Labute approximate surface area is 210 Å². The van der Waals surface area contributed by atoms with Crippen LogP contribution in [0.25, 0.3) is 0 Å². The molecule has 0 aromatic heterocycles. The van der Waals surface area contributed by atoms with E-state index in [0.717, 1.165) is 0 Å². The molecule has 0 saturated carbocycles. The standard InChI is InChI=1S/C29H28OS3/c1-28(2,3)26-24(31-21-13-7-4-8-14-21)19-29(33-23-17-11-6-12-18-23)27(26)25(20-30-29)32-22-15-9-5-10-16-22/h4-20,26-27H,1-3H3/t26-,27+,29+/m1/s1. The number of hydrogen-bond acceptors (Lipinski definition) is 4. The molecule has 0 amide bonds. The zero-order valence-electron chi connectivity index (χ0n) is 19.1. The van der Waals surface area contributed by atoms with Crippen molar-refractivity contribution in [1.82, 2.24) is 0 Å². The third-order valence-electron chi connectivity index (χ3n) is 5.99. The minimum atomic E-state index is -0.437. The van der Waals surface area contributed by atoms with Crippen molar-refractivity contribution in [1.29, 1.82) is 0 Å². The Hall–Kier alpha value is -2.01. The molecular weight excluding hydrogens is 461 g/mol. The topological polar surface area (TPSA) is 9.23 Å². The van der Waals surface area contributed by atoms with E-state index in [4.69, 9.17) is 4.74 Å². The minimum absolute atomic E-state index is 0.0846. The van der Waals surface area contributed by atoms with Crippen LogP contribution in [0.3, 0.4) is 0 Å². The Morgan fingerprint density at radius 1 is 0.667 bits per heavy atom. The SMILES string of the molecule is CC(C)(C)[C@@H]1C(Sc2ccccc2)=C[C@@]2(Sc3ccccc3)OC=C(Sc3ccccc3)[C@@H]12. The summed E-state index contributed by atoms with van der Waals surface area (Å²) in [6.07, 6.45) is 4.44. The van der Waals surface area contributed by atoms with Gasteiger partial charge in [0.2, 0.25) is 0 Å². The molecule has 0 fully saturated rings. The first-order valence-corrected chi connectivity index (χ1v) is 13.7. The first-order valence-electron chi connectivity index (χ1n) is 11.3. The molecule has 0 saturated heterocycles. The van der Waals surface area contributed by atoms with E-state index in [-0.39, 0.29) is 11.3 Å². The number of allylic oxidation sites excluding steroid dienone is 1. The predicted octanol–water partition coefficient (Wildman–Crippen LogP) is 9.11. The van der Waals surface area contributed by atoms with Gasteiger partial charge in [0.1, 0.15) is 0 Å². The average Bonchev–Trinajstić information content (AvgIpc) is 3.29. The fraction of sp³-hybridized carbons (Fsp3) is 0.241. The summed E-state index contributed by atoms with van der Waals surface area (Å²) in [6, 6.07) is 32.0. The van der Waals surface area contributed by atoms with E-state index in [0.29, 0.717) is 5.92 Å². The summed E-state index contributed by atoms with van der Waals surface area (Å²) < 4.78 is 6.64. The Balaban J connectivity index is 1.56. The van der Waals surface area contributed by atoms with Gasteiger partial charge in [-0.05, 0) is 52.8 Å². The van der Waals surface area contributed by atoms with Gasteiger partial charge in [-0.3, -0.25) is 0 Å². The van der Waals surface area contributed by atoms with Crippen LogP contribution in [0.1, 0.15) is 20.8 Å². The molecular formula is C29H28OS3. The molecule has 168 valence electrons. The highest BCUT2D eigenvalue weighted by molar-refractivity contribution is 8.04. The quantitative estimate of drug-likeness (QED) is 0.342. The highest BCUT2D eigenvalue weighted by atomic mass is 32.2. The molecule has 1 aliphatic heterocycles. The lowest BCUT2D eigenvalue weighted by molar-refractivity contribution is 0.112. The van der Waals surface area contributed by atoms with Crippen LogP contribution in [0, 0.1) is 17.3 Å². The van der Waals surface area contributed by atoms with E-state index in [9.17, 15) is 0 Å². The zero-order valence-corrected chi connectivity index (χ0v) is 21.6. The number of benzene rings is 3. The van der Waals surface area contributed by atoms with Crippen molar-refractivity contribution in [3.05, 3.63) is 113 Å². The number of hydrogen-bond donors (Lipinski definition) is 0. The third kappa shape index (κ3) is 4.80. The molecule has 2 aliphatic rings. The third-order valence-corrected chi connectivity index (χ3v) is 9.50. The lowest BCUT2D eigenvalue weighted by atomic mass is 9.74. The van der Waals surface area contributed by atoms with Crippen LogP contribution in [0.15, 0.2) is 128 Å². The van der Waals surface area contributed by atoms with Gasteiger partial charge in [-0.25, -0.2) is 0 Å². The predicted molar refractivity (Wildman–Crippen MR) is 143 cm³/mol. The van der Waals surface area contributed by atoms with Gasteiger partial charge in [0.05, 0.1) is 12.2 Å². The van der Waals surface area contributed by atoms with Gasteiger partial charge in [0, 0.05) is 25.5 Å². The van der Waals surface area contributed by atoms with Crippen molar-refractivity contribution in [2.45, 2.75) is 40.4 Å². The smallest absolute Gasteiger partial charge is 0.185 e. The second-order valence-corrected chi connectivity index (χ2v) is 13.1. The van der Waals surface area contributed by atoms with E-state index >= 15 is 0 Å². The summed E-state index contributed by atoms with van der Waals surface area (Å²) in [4.78, 5) is 6.04. The maximum atomic E-state index is 6.64. The maximum Gasteiger partial charge on any atom is 0.185 e. The van der Waals surface area contributed by atoms with Crippen molar-refractivity contribution >= 4 is 35.3 Å². The molecule has 3 atom stereocenters. The van der Waals surface area contributed by atoms with Crippen LogP contribution in [0.4, 0.5) is 0 Å². The monoisotopic (exact) mass is 488 g/mol. The van der Waals surface area contributed by atoms with Crippen molar-refractivity contribution in [3.8, 4) is 0 Å². The molecule has 1 aliphatic carbocycles. The second kappa shape index (κ2) is 9.32. The molecule has 0 spiro atoms. The Bertz CT molecular complexity index is 1150. The fourth-order valence-corrected chi connectivity index (χ4v) is 8.61. The van der Waals surface area contributed by atoms with E-state index < -0.39 is 4.93 Å². The molecule has 4 heteroatoms. The average molecular weight is 489 g/mol. The van der Waals surface area contributed by atoms with Gasteiger partial charge in [0.25, 0.3) is 0 Å². The lowest BCUT2D eigenvalue weighted by Crippen LogP contribution is -2.36. The van der Waals surface area contributed by atoms with Gasteiger partial charge in [-0.15, -0.1) is 0 Å². The summed E-state index contributed by atoms with van der Waals surface area (Å²) in [6.45, 7) is 7.09. The van der Waals surface area contributed by atoms with Gasteiger partial charge in [-0.2, -0.15) is 0 Å². The summed E-state index contributed by atoms with van der Waals surface area (Å²) in [5, 5.41) is 0. The summed E-state index contributed by atoms with van der Waals surface area (Å²) in [5.41, 5.74) is 0.0846. The summed E-state index contributed by atoms with van der Waals surface area (Å²) >= 11 is 5.58.